The molecule has 1 fully saturated rings. The first kappa shape index (κ1) is 16.8. The molecule has 3 aromatic rings. The Labute approximate surface area is 160 Å². The normalized spacial score (nSPS) is 16.1. The summed E-state index contributed by atoms with van der Waals surface area (Å²) in [4.78, 5) is 2.83. The highest BCUT2D eigenvalue weighted by Crippen LogP contribution is 2.20. The summed E-state index contributed by atoms with van der Waals surface area (Å²) in [5.74, 6) is 0. The molecule has 1 aromatic heterocycles. The monoisotopic (exact) mass is 414 g/mol. The molecule has 4 rings (SSSR count). The van der Waals surface area contributed by atoms with Gasteiger partial charge in [-0.15, -0.1) is 11.3 Å². The minimum atomic E-state index is 1.02. The Morgan fingerprint density at radius 2 is 1.84 bits per heavy atom. The Morgan fingerprint density at radius 1 is 1.04 bits per heavy atom. The highest BCUT2D eigenvalue weighted by molar-refractivity contribution is 9.11. The molecule has 3 nitrogen and oxygen atoms in total. The fourth-order valence-electron chi connectivity index (χ4n) is 3.36. The molecule has 2 aromatic carbocycles. The van der Waals surface area contributed by atoms with Crippen molar-refractivity contribution in [1.29, 1.82) is 0 Å². The summed E-state index contributed by atoms with van der Waals surface area (Å²) in [7, 11) is 0. The van der Waals surface area contributed by atoms with Crippen molar-refractivity contribution < 1.29 is 4.90 Å². The van der Waals surface area contributed by atoms with Crippen molar-refractivity contribution in [1.82, 2.24) is 5.01 Å². The minimum Gasteiger partial charge on any atom is -0.328 e. The molecule has 1 aliphatic rings. The van der Waals surface area contributed by atoms with Crippen molar-refractivity contribution in [3.63, 3.8) is 0 Å². The number of nitrogens with one attached hydrogen (secondary N) is 1. The van der Waals surface area contributed by atoms with Crippen LogP contribution in [0.2, 0.25) is 0 Å². The van der Waals surface area contributed by atoms with E-state index in [4.69, 9.17) is 0 Å². The van der Waals surface area contributed by atoms with Crippen LogP contribution in [0.15, 0.2) is 63.5 Å². The van der Waals surface area contributed by atoms with E-state index in [1.807, 2.05) is 6.21 Å². The van der Waals surface area contributed by atoms with Crippen LogP contribution >= 0.6 is 27.3 Å². The molecule has 0 bridgehead atoms. The lowest BCUT2D eigenvalue weighted by Gasteiger charge is -2.30. The molecule has 1 N–H and O–H groups in total. The van der Waals surface area contributed by atoms with E-state index >= 15 is 0 Å². The van der Waals surface area contributed by atoms with E-state index in [9.17, 15) is 0 Å². The van der Waals surface area contributed by atoms with Gasteiger partial charge in [0, 0.05) is 10.4 Å². The number of hydrazone groups is 1. The number of nitrogens with zero attached hydrogens (tertiary/aromatic N) is 2. The predicted molar refractivity (Wildman–Crippen MR) is 110 cm³/mol. The molecule has 0 amide bonds. The van der Waals surface area contributed by atoms with Gasteiger partial charge in [-0.25, -0.2) is 0 Å². The molecule has 0 saturated carbocycles. The van der Waals surface area contributed by atoms with E-state index in [2.05, 4.69) is 80.6 Å². The average molecular weight is 415 g/mol. The Hall–Kier alpha value is -1.69. The quantitative estimate of drug-likeness (QED) is 0.648. The summed E-state index contributed by atoms with van der Waals surface area (Å²) >= 11 is 5.21. The van der Waals surface area contributed by atoms with Crippen molar-refractivity contribution in [2.75, 3.05) is 26.2 Å². The van der Waals surface area contributed by atoms with Gasteiger partial charge in [-0.1, -0.05) is 42.5 Å². The Kier molecular flexibility index (Phi) is 5.15. The van der Waals surface area contributed by atoms with Gasteiger partial charge in [0.2, 0.25) is 0 Å². The molecular formula is C20H21BrN3S+. The van der Waals surface area contributed by atoms with Crippen molar-refractivity contribution in [3.8, 4) is 0 Å². The van der Waals surface area contributed by atoms with E-state index in [0.29, 0.717) is 0 Å². The fourth-order valence-corrected chi connectivity index (χ4v) is 4.65. The van der Waals surface area contributed by atoms with Crippen molar-refractivity contribution in [2.45, 2.75) is 6.54 Å². The van der Waals surface area contributed by atoms with Crippen LogP contribution in [0, 0.1) is 0 Å². The number of halogens is 1. The van der Waals surface area contributed by atoms with Gasteiger partial charge in [-0.05, 0) is 38.8 Å². The lowest BCUT2D eigenvalue weighted by atomic mass is 10.0. The summed E-state index contributed by atoms with van der Waals surface area (Å²) < 4.78 is 1.15. The maximum atomic E-state index is 4.64. The first-order chi connectivity index (χ1) is 12.3. The second-order valence-electron chi connectivity index (χ2n) is 6.41. The second-order valence-corrected chi connectivity index (χ2v) is 8.90. The topological polar surface area (TPSA) is 20.0 Å². The smallest absolute Gasteiger partial charge is 0.104 e. The van der Waals surface area contributed by atoms with Crippen LogP contribution in [0.3, 0.4) is 0 Å². The predicted octanol–water partition coefficient (Wildman–Crippen LogP) is 3.40. The summed E-state index contributed by atoms with van der Waals surface area (Å²) in [6.45, 7) is 5.40. The molecule has 0 atom stereocenters. The zero-order valence-electron chi connectivity index (χ0n) is 14.0. The SMILES string of the molecule is Brc1ccc(/C=N\N2CC[NH+](Cc3cccc4ccccc34)CC2)s1. The van der Waals surface area contributed by atoms with Gasteiger partial charge >= 0.3 is 0 Å². The zero-order chi connectivity index (χ0) is 17.1. The maximum Gasteiger partial charge on any atom is 0.104 e. The van der Waals surface area contributed by atoms with Crippen molar-refractivity contribution in [2.24, 2.45) is 5.10 Å². The molecule has 25 heavy (non-hydrogen) atoms. The van der Waals surface area contributed by atoms with Crippen molar-refractivity contribution >= 4 is 44.3 Å². The summed E-state index contributed by atoms with van der Waals surface area (Å²) in [5, 5.41) is 9.57. The van der Waals surface area contributed by atoms with Crippen LogP contribution in [0.4, 0.5) is 0 Å². The number of piperazine rings is 1. The molecule has 0 radical (unpaired) electrons. The van der Waals surface area contributed by atoms with Crippen LogP contribution in [-0.4, -0.2) is 37.4 Å². The summed E-state index contributed by atoms with van der Waals surface area (Å²) in [6.07, 6.45) is 1.98. The first-order valence-corrected chi connectivity index (χ1v) is 10.2. The van der Waals surface area contributed by atoms with Gasteiger partial charge in [0.05, 0.1) is 36.2 Å². The highest BCUT2D eigenvalue weighted by Gasteiger charge is 2.19. The van der Waals surface area contributed by atoms with Crippen LogP contribution in [0.1, 0.15) is 10.4 Å². The lowest BCUT2D eigenvalue weighted by Crippen LogP contribution is -3.13. The van der Waals surface area contributed by atoms with Gasteiger partial charge in [-0.2, -0.15) is 5.10 Å². The number of benzene rings is 2. The third-order valence-corrected chi connectivity index (χ3v) is 6.27. The zero-order valence-corrected chi connectivity index (χ0v) is 16.4. The Morgan fingerprint density at radius 3 is 2.64 bits per heavy atom. The number of thiophene rings is 1. The molecule has 2 heterocycles. The lowest BCUT2D eigenvalue weighted by molar-refractivity contribution is -0.918. The average Bonchev–Trinajstić information content (AvgIpc) is 3.07. The third-order valence-electron chi connectivity index (χ3n) is 4.71. The van der Waals surface area contributed by atoms with Gasteiger partial charge in [0.25, 0.3) is 0 Å². The fraction of sp³-hybridized carbons (Fsp3) is 0.250. The van der Waals surface area contributed by atoms with E-state index in [-0.39, 0.29) is 0 Å². The van der Waals surface area contributed by atoms with E-state index in [1.54, 1.807) is 16.2 Å². The van der Waals surface area contributed by atoms with Crippen LogP contribution in [0.5, 0.6) is 0 Å². The largest absolute Gasteiger partial charge is 0.328 e. The van der Waals surface area contributed by atoms with E-state index in [0.717, 1.165) is 36.5 Å². The standard InChI is InChI=1S/C20H20BrN3S/c21-20-9-8-18(25-20)14-22-24-12-10-23(11-13-24)15-17-6-3-5-16-4-1-2-7-19(16)17/h1-9,14H,10-13,15H2/p+1/b22-14-. The van der Waals surface area contributed by atoms with E-state index < -0.39 is 0 Å². The number of quaternary nitrogens is 1. The number of fused-ring (bicyclic) bond motifs is 1. The highest BCUT2D eigenvalue weighted by atomic mass is 79.9. The molecule has 0 aliphatic carbocycles. The molecular weight excluding hydrogens is 394 g/mol. The molecule has 0 unspecified atom stereocenters. The van der Waals surface area contributed by atoms with Gasteiger partial charge in [-0.3, -0.25) is 5.01 Å². The molecule has 1 aliphatic heterocycles. The molecule has 0 spiro atoms. The summed E-state index contributed by atoms with van der Waals surface area (Å²) in [6, 6.07) is 19.5. The van der Waals surface area contributed by atoms with E-state index in [1.165, 1.54) is 21.2 Å². The van der Waals surface area contributed by atoms with Gasteiger partial charge in [0.1, 0.15) is 6.54 Å². The number of hydrogen-bond acceptors (Lipinski definition) is 3. The maximum absolute atomic E-state index is 4.64. The molecule has 128 valence electrons. The summed E-state index contributed by atoms with van der Waals surface area (Å²) in [5.41, 5.74) is 1.45. The van der Waals surface area contributed by atoms with Crippen LogP contribution < -0.4 is 4.90 Å². The first-order valence-electron chi connectivity index (χ1n) is 8.62. The van der Waals surface area contributed by atoms with Gasteiger partial charge in [0.15, 0.2) is 0 Å². The van der Waals surface area contributed by atoms with Crippen LogP contribution in [0.25, 0.3) is 10.8 Å². The minimum absolute atomic E-state index is 1.02. The van der Waals surface area contributed by atoms with Crippen LogP contribution in [-0.2, 0) is 6.54 Å². The molecule has 5 heteroatoms. The van der Waals surface area contributed by atoms with Crippen molar-refractivity contribution in [3.05, 3.63) is 68.8 Å². The third kappa shape index (κ3) is 4.11. The second kappa shape index (κ2) is 7.68. The molecule has 1 saturated heterocycles. The van der Waals surface area contributed by atoms with Gasteiger partial charge < -0.3 is 4.90 Å². The number of rotatable bonds is 4. The Balaban J connectivity index is 1.36. The number of hydrogen-bond donors (Lipinski definition) is 1. The Bertz CT molecular complexity index is 876.